The Bertz CT molecular complexity index is 857. The van der Waals surface area contributed by atoms with Gasteiger partial charge in [0.05, 0.1) is 40.1 Å². The summed E-state index contributed by atoms with van der Waals surface area (Å²) in [6, 6.07) is 7.99. The standard InChI is InChI=1S/C21H24N2O6/c1-24-14-8-6-13(7-9-14)12-28-19-17(29-16-5-4-10-27-18(16)19)15-11-22-21(26-3)23-20(15)25-2/h4-9,11,16-19H,10,12H2,1-3H3/t16-,17+,18-,19+/m1/s1. The first-order valence-electron chi connectivity index (χ1n) is 9.36. The highest BCUT2D eigenvalue weighted by Gasteiger charge is 2.48. The quantitative estimate of drug-likeness (QED) is 0.656. The molecule has 1 aromatic carbocycles. The molecule has 4 atom stereocenters. The molecule has 0 bridgehead atoms. The summed E-state index contributed by atoms with van der Waals surface area (Å²) < 4.78 is 34.2. The molecule has 3 heterocycles. The molecule has 2 aliphatic heterocycles. The molecule has 0 saturated carbocycles. The van der Waals surface area contributed by atoms with Crippen molar-refractivity contribution in [2.45, 2.75) is 31.0 Å². The normalized spacial score (nSPS) is 25.5. The Balaban J connectivity index is 1.58. The van der Waals surface area contributed by atoms with E-state index in [0.29, 0.717) is 24.7 Å². The van der Waals surface area contributed by atoms with Gasteiger partial charge in [-0.2, -0.15) is 4.98 Å². The molecule has 0 spiro atoms. The van der Waals surface area contributed by atoms with Crippen molar-refractivity contribution in [1.29, 1.82) is 0 Å². The zero-order chi connectivity index (χ0) is 20.2. The second kappa shape index (κ2) is 8.77. The van der Waals surface area contributed by atoms with Crippen LogP contribution in [0.25, 0.3) is 0 Å². The molecule has 154 valence electrons. The van der Waals surface area contributed by atoms with Gasteiger partial charge in [0.25, 0.3) is 0 Å². The first kappa shape index (κ1) is 19.6. The molecule has 0 amide bonds. The number of ether oxygens (including phenoxy) is 6. The second-order valence-corrected chi connectivity index (χ2v) is 6.69. The summed E-state index contributed by atoms with van der Waals surface area (Å²) in [7, 11) is 4.70. The van der Waals surface area contributed by atoms with Gasteiger partial charge in [0.2, 0.25) is 5.88 Å². The van der Waals surface area contributed by atoms with E-state index in [1.165, 1.54) is 7.11 Å². The van der Waals surface area contributed by atoms with Crippen molar-refractivity contribution in [2.75, 3.05) is 27.9 Å². The Morgan fingerprint density at radius 3 is 2.62 bits per heavy atom. The van der Waals surface area contributed by atoms with E-state index in [1.807, 2.05) is 36.4 Å². The number of hydrogen-bond donors (Lipinski definition) is 0. The van der Waals surface area contributed by atoms with Gasteiger partial charge in [-0.3, -0.25) is 0 Å². The molecule has 1 fully saturated rings. The molecular weight excluding hydrogens is 376 g/mol. The average molecular weight is 400 g/mol. The fraction of sp³-hybridized carbons (Fsp3) is 0.429. The van der Waals surface area contributed by atoms with E-state index in [1.54, 1.807) is 20.4 Å². The molecule has 1 saturated heterocycles. The summed E-state index contributed by atoms with van der Waals surface area (Å²) in [6.07, 6.45) is 4.39. The number of nitrogens with zero attached hydrogens (tertiary/aromatic N) is 2. The van der Waals surface area contributed by atoms with Crippen LogP contribution in [0.5, 0.6) is 17.6 Å². The molecule has 0 radical (unpaired) electrons. The monoisotopic (exact) mass is 400 g/mol. The lowest BCUT2D eigenvalue weighted by atomic mass is 10.0. The van der Waals surface area contributed by atoms with Crippen LogP contribution in [0.15, 0.2) is 42.6 Å². The minimum absolute atomic E-state index is 0.207. The van der Waals surface area contributed by atoms with Gasteiger partial charge in [-0.05, 0) is 17.7 Å². The van der Waals surface area contributed by atoms with Crippen LogP contribution < -0.4 is 14.2 Å². The molecule has 0 N–H and O–H groups in total. The lowest BCUT2D eigenvalue weighted by molar-refractivity contribution is -0.0677. The van der Waals surface area contributed by atoms with Crippen molar-refractivity contribution in [3.63, 3.8) is 0 Å². The Labute approximate surface area is 169 Å². The van der Waals surface area contributed by atoms with E-state index < -0.39 is 6.10 Å². The van der Waals surface area contributed by atoms with E-state index >= 15 is 0 Å². The van der Waals surface area contributed by atoms with Gasteiger partial charge in [0.15, 0.2) is 0 Å². The van der Waals surface area contributed by atoms with Crippen molar-refractivity contribution < 1.29 is 28.4 Å². The number of fused-ring (bicyclic) bond motifs is 1. The largest absolute Gasteiger partial charge is 0.497 e. The third kappa shape index (κ3) is 4.05. The molecule has 0 unspecified atom stereocenters. The van der Waals surface area contributed by atoms with Crippen LogP contribution in [0, 0.1) is 0 Å². The van der Waals surface area contributed by atoms with Crippen LogP contribution in [-0.4, -0.2) is 56.2 Å². The summed E-state index contributed by atoms with van der Waals surface area (Å²) in [5, 5.41) is 0. The SMILES string of the molecule is COc1ccc(CO[C@@H]2[C@@H]3OCC=C[C@H]3O[C@H]2c2cnc(OC)nc2OC)cc1. The Kier molecular flexibility index (Phi) is 5.94. The van der Waals surface area contributed by atoms with Crippen LogP contribution in [-0.2, 0) is 20.8 Å². The molecule has 2 aromatic rings. The van der Waals surface area contributed by atoms with Gasteiger partial charge < -0.3 is 28.4 Å². The fourth-order valence-electron chi connectivity index (χ4n) is 3.55. The minimum Gasteiger partial charge on any atom is -0.497 e. The minimum atomic E-state index is -0.438. The number of rotatable bonds is 7. The molecule has 0 aliphatic carbocycles. The van der Waals surface area contributed by atoms with E-state index in [2.05, 4.69) is 9.97 Å². The summed E-state index contributed by atoms with van der Waals surface area (Å²) >= 11 is 0. The van der Waals surface area contributed by atoms with Gasteiger partial charge >= 0.3 is 6.01 Å². The second-order valence-electron chi connectivity index (χ2n) is 6.69. The van der Waals surface area contributed by atoms with Crippen molar-refractivity contribution in [2.24, 2.45) is 0 Å². The van der Waals surface area contributed by atoms with Gasteiger partial charge in [0.1, 0.15) is 30.2 Å². The maximum atomic E-state index is 6.29. The lowest BCUT2D eigenvalue weighted by Gasteiger charge is -2.26. The highest BCUT2D eigenvalue weighted by molar-refractivity contribution is 5.31. The molecule has 29 heavy (non-hydrogen) atoms. The van der Waals surface area contributed by atoms with E-state index in [-0.39, 0.29) is 24.3 Å². The predicted octanol–water partition coefficient (Wildman–Crippen LogP) is 2.48. The molecular formula is C21H24N2O6. The maximum Gasteiger partial charge on any atom is 0.319 e. The summed E-state index contributed by atoms with van der Waals surface area (Å²) in [5.41, 5.74) is 1.72. The maximum absolute atomic E-state index is 6.29. The van der Waals surface area contributed by atoms with Crippen molar-refractivity contribution >= 4 is 0 Å². The Morgan fingerprint density at radius 2 is 1.90 bits per heavy atom. The molecule has 1 aromatic heterocycles. The average Bonchev–Trinajstić information content (AvgIpc) is 3.15. The Hall–Kier alpha value is -2.68. The number of aromatic nitrogens is 2. The van der Waals surface area contributed by atoms with Crippen LogP contribution in [0.4, 0.5) is 0 Å². The summed E-state index contributed by atoms with van der Waals surface area (Å²) in [5.74, 6) is 1.19. The first-order valence-corrected chi connectivity index (χ1v) is 9.36. The molecule has 8 nitrogen and oxygen atoms in total. The first-order chi connectivity index (χ1) is 14.2. The highest BCUT2D eigenvalue weighted by atomic mass is 16.6. The third-order valence-electron chi connectivity index (χ3n) is 5.00. The highest BCUT2D eigenvalue weighted by Crippen LogP contribution is 2.42. The Morgan fingerprint density at radius 1 is 1.07 bits per heavy atom. The molecule has 4 rings (SSSR count). The predicted molar refractivity (Wildman–Crippen MR) is 103 cm³/mol. The van der Waals surface area contributed by atoms with Crippen molar-refractivity contribution in [1.82, 2.24) is 9.97 Å². The van der Waals surface area contributed by atoms with Crippen molar-refractivity contribution in [3.05, 3.63) is 53.7 Å². The van der Waals surface area contributed by atoms with Crippen LogP contribution >= 0.6 is 0 Å². The van der Waals surface area contributed by atoms with Crippen LogP contribution in [0.1, 0.15) is 17.2 Å². The van der Waals surface area contributed by atoms with E-state index in [9.17, 15) is 0 Å². The zero-order valence-corrected chi connectivity index (χ0v) is 16.6. The number of methoxy groups -OCH3 is 3. The van der Waals surface area contributed by atoms with Gasteiger partial charge in [0, 0.05) is 6.20 Å². The third-order valence-corrected chi connectivity index (χ3v) is 5.00. The summed E-state index contributed by atoms with van der Waals surface area (Å²) in [4.78, 5) is 8.50. The van der Waals surface area contributed by atoms with Crippen LogP contribution in [0.3, 0.4) is 0 Å². The summed E-state index contributed by atoms with van der Waals surface area (Å²) in [6.45, 7) is 0.931. The van der Waals surface area contributed by atoms with Crippen LogP contribution in [0.2, 0.25) is 0 Å². The molecule has 2 aliphatic rings. The number of benzene rings is 1. The van der Waals surface area contributed by atoms with E-state index in [0.717, 1.165) is 11.3 Å². The molecule has 8 heteroatoms. The van der Waals surface area contributed by atoms with Gasteiger partial charge in [-0.25, -0.2) is 4.98 Å². The number of hydrogen-bond acceptors (Lipinski definition) is 8. The topological polar surface area (TPSA) is 81.2 Å². The van der Waals surface area contributed by atoms with Crippen molar-refractivity contribution in [3.8, 4) is 17.6 Å². The van der Waals surface area contributed by atoms with Gasteiger partial charge in [-0.1, -0.05) is 24.3 Å². The zero-order valence-electron chi connectivity index (χ0n) is 16.6. The van der Waals surface area contributed by atoms with E-state index in [4.69, 9.17) is 28.4 Å². The lowest BCUT2D eigenvalue weighted by Crippen LogP contribution is -2.37. The fourth-order valence-corrected chi connectivity index (χ4v) is 3.55. The van der Waals surface area contributed by atoms with Gasteiger partial charge in [-0.15, -0.1) is 0 Å². The smallest absolute Gasteiger partial charge is 0.319 e.